The topological polar surface area (TPSA) is 46.5 Å². The predicted molar refractivity (Wildman–Crippen MR) is 155 cm³/mol. The van der Waals surface area contributed by atoms with Gasteiger partial charge in [0.15, 0.2) is 0 Å². The van der Waals surface area contributed by atoms with Crippen LogP contribution in [0.2, 0.25) is 25.7 Å². The lowest BCUT2D eigenvalue weighted by Gasteiger charge is -2.35. The number of ether oxygens (including phenoxy) is 1. The number of aliphatic hydroxyl groups is 1. The molecular weight excluding hydrogens is 480 g/mol. The second-order valence-corrected chi connectivity index (χ2v) is 17.1. The molecule has 36 heavy (non-hydrogen) atoms. The number of benzene rings is 3. The Morgan fingerprint density at radius 1 is 0.889 bits per heavy atom. The Bertz CT molecular complexity index is 982. The van der Waals surface area contributed by atoms with Crippen molar-refractivity contribution in [1.29, 1.82) is 0 Å². The lowest BCUT2D eigenvalue weighted by molar-refractivity contribution is -0.144. The first kappa shape index (κ1) is 28.0. The molecule has 3 nitrogen and oxygen atoms in total. The SMILES string of the molecule is C[Si](C)(C)CCOC(=O)C[C@@H](O)/C=C/CCSC(c1ccccc1)(c1ccccc1)c1ccccc1. The van der Waals surface area contributed by atoms with E-state index in [1.54, 1.807) is 6.08 Å². The fourth-order valence-electron chi connectivity index (χ4n) is 4.07. The van der Waals surface area contributed by atoms with E-state index >= 15 is 0 Å². The molecule has 3 aromatic carbocycles. The Morgan fingerprint density at radius 3 is 1.81 bits per heavy atom. The third-order valence-electron chi connectivity index (χ3n) is 5.99. The Labute approximate surface area is 221 Å². The molecule has 5 heteroatoms. The van der Waals surface area contributed by atoms with Crippen molar-refractivity contribution in [1.82, 2.24) is 0 Å². The Balaban J connectivity index is 1.68. The van der Waals surface area contributed by atoms with Crippen LogP contribution in [0.15, 0.2) is 103 Å². The highest BCUT2D eigenvalue weighted by molar-refractivity contribution is 8.00. The largest absolute Gasteiger partial charge is 0.466 e. The summed E-state index contributed by atoms with van der Waals surface area (Å²) in [5, 5.41) is 10.3. The van der Waals surface area contributed by atoms with Crippen LogP contribution in [0, 0.1) is 0 Å². The monoisotopic (exact) mass is 518 g/mol. The van der Waals surface area contributed by atoms with Gasteiger partial charge in [0.2, 0.25) is 0 Å². The van der Waals surface area contributed by atoms with E-state index in [9.17, 15) is 9.90 Å². The van der Waals surface area contributed by atoms with Crippen molar-refractivity contribution in [2.75, 3.05) is 12.4 Å². The molecule has 0 amide bonds. The van der Waals surface area contributed by atoms with Crippen molar-refractivity contribution in [3.05, 3.63) is 120 Å². The van der Waals surface area contributed by atoms with E-state index in [1.165, 1.54) is 16.7 Å². The summed E-state index contributed by atoms with van der Waals surface area (Å²) in [6.45, 7) is 7.19. The number of hydrogen-bond acceptors (Lipinski definition) is 4. The normalized spacial score (nSPS) is 13.0. The zero-order chi connectivity index (χ0) is 25.9. The highest BCUT2D eigenvalue weighted by Gasteiger charge is 2.36. The fraction of sp³-hybridized carbons (Fsp3) is 0.323. The molecule has 0 saturated carbocycles. The second kappa shape index (κ2) is 13.6. The van der Waals surface area contributed by atoms with E-state index in [0.717, 1.165) is 18.2 Å². The summed E-state index contributed by atoms with van der Waals surface area (Å²) in [5.41, 5.74) is 3.70. The van der Waals surface area contributed by atoms with Gasteiger partial charge in [0, 0.05) is 8.07 Å². The van der Waals surface area contributed by atoms with Crippen molar-refractivity contribution >= 4 is 25.8 Å². The van der Waals surface area contributed by atoms with Crippen LogP contribution in [0.3, 0.4) is 0 Å². The van der Waals surface area contributed by atoms with Crippen molar-refractivity contribution in [3.63, 3.8) is 0 Å². The van der Waals surface area contributed by atoms with Crippen LogP contribution in [0.5, 0.6) is 0 Å². The number of aliphatic hydroxyl groups excluding tert-OH is 1. The van der Waals surface area contributed by atoms with E-state index in [0.29, 0.717) is 6.61 Å². The van der Waals surface area contributed by atoms with Gasteiger partial charge in [0.1, 0.15) is 0 Å². The third kappa shape index (κ3) is 8.22. The Morgan fingerprint density at radius 2 is 1.36 bits per heavy atom. The summed E-state index contributed by atoms with van der Waals surface area (Å²) < 4.78 is 4.95. The van der Waals surface area contributed by atoms with Crippen molar-refractivity contribution in [2.24, 2.45) is 0 Å². The number of thioether (sulfide) groups is 1. The highest BCUT2D eigenvalue weighted by atomic mass is 32.2. The van der Waals surface area contributed by atoms with Crippen LogP contribution >= 0.6 is 11.8 Å². The zero-order valence-corrected chi connectivity index (χ0v) is 23.4. The molecule has 0 aromatic heterocycles. The minimum atomic E-state index is -1.24. The molecule has 1 N–H and O–H groups in total. The fourth-order valence-corrected chi connectivity index (χ4v) is 6.25. The molecule has 0 spiro atoms. The molecule has 3 rings (SSSR count). The number of allylic oxidation sites excluding steroid dienone is 1. The van der Waals surface area contributed by atoms with E-state index < -0.39 is 14.2 Å². The molecule has 0 saturated heterocycles. The summed E-state index contributed by atoms with van der Waals surface area (Å²) in [6.07, 6.45) is 3.64. The third-order valence-corrected chi connectivity index (χ3v) is 9.28. The van der Waals surface area contributed by atoms with Gasteiger partial charge >= 0.3 is 5.97 Å². The van der Waals surface area contributed by atoms with Gasteiger partial charge in [-0.25, -0.2) is 0 Å². The average molecular weight is 519 g/mol. The molecule has 0 aliphatic rings. The van der Waals surface area contributed by atoms with E-state index in [4.69, 9.17) is 4.74 Å². The van der Waals surface area contributed by atoms with Crippen LogP contribution in [0.4, 0.5) is 0 Å². The number of hydrogen-bond donors (Lipinski definition) is 1. The first-order valence-electron chi connectivity index (χ1n) is 12.6. The average Bonchev–Trinajstić information content (AvgIpc) is 2.87. The maximum absolute atomic E-state index is 12.0. The Hall–Kier alpha value is -2.60. The minimum Gasteiger partial charge on any atom is -0.466 e. The number of rotatable bonds is 13. The maximum atomic E-state index is 12.0. The van der Waals surface area contributed by atoms with Gasteiger partial charge in [0.05, 0.1) is 23.9 Å². The molecule has 3 aromatic rings. The lowest BCUT2D eigenvalue weighted by atomic mass is 9.84. The zero-order valence-electron chi connectivity index (χ0n) is 21.6. The molecule has 1 atom stereocenters. The molecule has 0 heterocycles. The number of carbonyl (C=O) groups is 1. The van der Waals surface area contributed by atoms with E-state index in [2.05, 4.69) is 111 Å². The van der Waals surface area contributed by atoms with Gasteiger partial charge in [-0.2, -0.15) is 0 Å². The molecule has 0 aliphatic carbocycles. The summed E-state index contributed by atoms with van der Waals surface area (Å²) in [7, 11) is -1.24. The van der Waals surface area contributed by atoms with Gasteiger partial charge in [-0.1, -0.05) is 123 Å². The molecule has 0 unspecified atom stereocenters. The summed E-state index contributed by atoms with van der Waals surface area (Å²) in [6, 6.07) is 32.8. The van der Waals surface area contributed by atoms with Crippen molar-refractivity contribution < 1.29 is 14.6 Å². The molecular formula is C31H38O3SSi. The molecule has 190 valence electrons. The van der Waals surface area contributed by atoms with Gasteiger partial charge in [-0.3, -0.25) is 4.79 Å². The summed E-state index contributed by atoms with van der Waals surface area (Å²) >= 11 is 1.89. The predicted octanol–water partition coefficient (Wildman–Crippen LogP) is 7.29. The molecule has 0 fully saturated rings. The van der Waals surface area contributed by atoms with E-state index in [-0.39, 0.29) is 17.1 Å². The van der Waals surface area contributed by atoms with Gasteiger partial charge in [-0.15, -0.1) is 11.8 Å². The summed E-state index contributed by atoms with van der Waals surface area (Å²) in [5.74, 6) is 0.513. The lowest BCUT2D eigenvalue weighted by Crippen LogP contribution is -2.26. The first-order valence-corrected chi connectivity index (χ1v) is 17.3. The highest BCUT2D eigenvalue weighted by Crippen LogP contribution is 2.48. The first-order chi connectivity index (χ1) is 17.3. The van der Waals surface area contributed by atoms with Gasteiger partial charge in [0.25, 0.3) is 0 Å². The maximum Gasteiger partial charge on any atom is 0.308 e. The van der Waals surface area contributed by atoms with Crippen molar-refractivity contribution in [3.8, 4) is 0 Å². The van der Waals surface area contributed by atoms with Crippen LogP contribution in [-0.2, 0) is 14.3 Å². The number of esters is 1. The van der Waals surface area contributed by atoms with Crippen LogP contribution in [0.25, 0.3) is 0 Å². The smallest absolute Gasteiger partial charge is 0.308 e. The minimum absolute atomic E-state index is 0.00265. The van der Waals surface area contributed by atoms with Crippen LogP contribution in [0.1, 0.15) is 29.5 Å². The van der Waals surface area contributed by atoms with E-state index in [1.807, 2.05) is 17.8 Å². The van der Waals surface area contributed by atoms with Crippen LogP contribution in [-0.4, -0.2) is 37.6 Å². The van der Waals surface area contributed by atoms with Crippen LogP contribution < -0.4 is 0 Å². The second-order valence-electron chi connectivity index (χ2n) is 10.1. The van der Waals surface area contributed by atoms with Gasteiger partial charge in [-0.05, 0) is 34.9 Å². The molecule has 0 radical (unpaired) electrons. The summed E-state index contributed by atoms with van der Waals surface area (Å²) in [4.78, 5) is 12.0. The molecule has 0 bridgehead atoms. The Kier molecular flexibility index (Phi) is 10.6. The standard InChI is InChI=1S/C31H38O3SSi/c1-36(2,3)24-22-34-30(33)25-29(32)21-13-14-23-35-31(26-15-7-4-8-16-26,27-17-9-5-10-18-27)28-19-11-6-12-20-28/h4-13,15-21,29,32H,14,22-25H2,1-3H3/b21-13+/t29-/m0/s1. The molecule has 0 aliphatic heterocycles. The quantitative estimate of drug-likeness (QED) is 0.0848. The van der Waals surface area contributed by atoms with Crippen molar-refractivity contribution in [2.45, 2.75) is 49.4 Å². The number of carbonyl (C=O) groups excluding carboxylic acids is 1. The van der Waals surface area contributed by atoms with Gasteiger partial charge < -0.3 is 9.84 Å².